The second kappa shape index (κ2) is 6.45. The molecule has 2 rings (SSSR count). The largest absolute Gasteiger partial charge is 0.478 e. The van der Waals surface area contributed by atoms with E-state index in [0.29, 0.717) is 18.7 Å². The minimum absolute atomic E-state index is 0.0377. The van der Waals surface area contributed by atoms with Gasteiger partial charge in [-0.1, -0.05) is 6.07 Å². The molecule has 1 aliphatic rings. The van der Waals surface area contributed by atoms with Crippen LogP contribution in [0.3, 0.4) is 0 Å². The molecule has 0 atom stereocenters. The van der Waals surface area contributed by atoms with Crippen LogP contribution in [0.2, 0.25) is 0 Å². The Morgan fingerprint density at radius 1 is 1.36 bits per heavy atom. The monoisotopic (exact) mass is 326 g/mol. The summed E-state index contributed by atoms with van der Waals surface area (Å²) in [5, 5.41) is 11.6. The SMILES string of the molecule is Cc1ccc(C(=O)O)cc1NC(=O)CCN1CCCS1(=O)=O. The Bertz CT molecular complexity index is 699. The van der Waals surface area contributed by atoms with E-state index in [9.17, 15) is 18.0 Å². The molecule has 1 heterocycles. The number of hydrogen-bond donors (Lipinski definition) is 2. The Morgan fingerprint density at radius 2 is 2.09 bits per heavy atom. The predicted molar refractivity (Wildman–Crippen MR) is 81.4 cm³/mol. The Morgan fingerprint density at radius 3 is 2.68 bits per heavy atom. The average molecular weight is 326 g/mol. The van der Waals surface area contributed by atoms with Crippen LogP contribution in [-0.2, 0) is 14.8 Å². The first-order valence-corrected chi connectivity index (χ1v) is 8.52. The Balaban J connectivity index is 1.97. The van der Waals surface area contributed by atoms with Crippen molar-refractivity contribution in [1.82, 2.24) is 4.31 Å². The third-order valence-corrected chi connectivity index (χ3v) is 5.51. The molecule has 0 saturated carbocycles. The zero-order chi connectivity index (χ0) is 16.3. The number of aryl methyl sites for hydroxylation is 1. The molecule has 0 spiro atoms. The summed E-state index contributed by atoms with van der Waals surface area (Å²) < 4.78 is 24.6. The van der Waals surface area contributed by atoms with Gasteiger partial charge >= 0.3 is 5.97 Å². The summed E-state index contributed by atoms with van der Waals surface area (Å²) in [4.78, 5) is 22.9. The molecule has 1 aromatic carbocycles. The number of anilines is 1. The molecule has 0 aromatic heterocycles. The van der Waals surface area contributed by atoms with Crippen LogP contribution < -0.4 is 5.32 Å². The molecule has 1 aliphatic heterocycles. The van der Waals surface area contributed by atoms with Crippen LogP contribution in [0.25, 0.3) is 0 Å². The van der Waals surface area contributed by atoms with Crippen LogP contribution in [0.4, 0.5) is 5.69 Å². The summed E-state index contributed by atoms with van der Waals surface area (Å²) >= 11 is 0. The van der Waals surface area contributed by atoms with Crippen molar-refractivity contribution in [2.45, 2.75) is 19.8 Å². The van der Waals surface area contributed by atoms with Crippen LogP contribution in [0.15, 0.2) is 18.2 Å². The molecule has 7 nitrogen and oxygen atoms in total. The summed E-state index contributed by atoms with van der Waals surface area (Å²) in [5.74, 6) is -1.28. The number of benzene rings is 1. The van der Waals surface area contributed by atoms with Crippen molar-refractivity contribution in [2.75, 3.05) is 24.2 Å². The van der Waals surface area contributed by atoms with Crippen LogP contribution in [0, 0.1) is 6.92 Å². The normalized spacial score (nSPS) is 17.3. The lowest BCUT2D eigenvalue weighted by Crippen LogP contribution is -2.29. The fraction of sp³-hybridized carbons (Fsp3) is 0.429. The van der Waals surface area contributed by atoms with Gasteiger partial charge in [0.1, 0.15) is 0 Å². The molecule has 0 bridgehead atoms. The molecule has 0 radical (unpaired) electrons. The zero-order valence-electron chi connectivity index (χ0n) is 12.2. The van der Waals surface area contributed by atoms with Crippen molar-refractivity contribution in [3.8, 4) is 0 Å². The first-order chi connectivity index (χ1) is 10.3. The minimum atomic E-state index is -3.21. The average Bonchev–Trinajstić information content (AvgIpc) is 2.77. The van der Waals surface area contributed by atoms with Crippen LogP contribution in [0.5, 0.6) is 0 Å². The van der Waals surface area contributed by atoms with Crippen molar-refractivity contribution in [3.63, 3.8) is 0 Å². The van der Waals surface area contributed by atoms with Gasteiger partial charge < -0.3 is 10.4 Å². The van der Waals surface area contributed by atoms with E-state index in [0.717, 1.165) is 5.56 Å². The Hall–Kier alpha value is -1.93. The maximum absolute atomic E-state index is 11.9. The lowest BCUT2D eigenvalue weighted by molar-refractivity contribution is -0.116. The number of carbonyl (C=O) groups is 2. The second-order valence-electron chi connectivity index (χ2n) is 5.20. The molecular weight excluding hydrogens is 308 g/mol. The number of nitrogens with zero attached hydrogens (tertiary/aromatic N) is 1. The van der Waals surface area contributed by atoms with E-state index >= 15 is 0 Å². The van der Waals surface area contributed by atoms with Crippen LogP contribution in [-0.4, -0.2) is 48.5 Å². The highest BCUT2D eigenvalue weighted by Gasteiger charge is 2.28. The Labute approximate surface area is 129 Å². The van der Waals surface area contributed by atoms with Gasteiger partial charge in [-0.2, -0.15) is 0 Å². The fourth-order valence-electron chi connectivity index (χ4n) is 2.27. The highest BCUT2D eigenvalue weighted by atomic mass is 32.2. The number of carbonyl (C=O) groups excluding carboxylic acids is 1. The molecule has 1 aromatic rings. The summed E-state index contributed by atoms with van der Waals surface area (Å²) in [7, 11) is -3.21. The number of amides is 1. The number of sulfonamides is 1. The molecule has 1 amide bonds. The smallest absolute Gasteiger partial charge is 0.335 e. The maximum Gasteiger partial charge on any atom is 0.335 e. The van der Waals surface area contributed by atoms with Gasteiger partial charge in [0.15, 0.2) is 0 Å². The zero-order valence-corrected chi connectivity index (χ0v) is 13.0. The van der Waals surface area contributed by atoms with Crippen molar-refractivity contribution >= 4 is 27.6 Å². The van der Waals surface area contributed by atoms with E-state index in [1.807, 2.05) is 0 Å². The van der Waals surface area contributed by atoms with Gasteiger partial charge in [0, 0.05) is 25.2 Å². The van der Waals surface area contributed by atoms with Gasteiger partial charge in [0.2, 0.25) is 15.9 Å². The minimum Gasteiger partial charge on any atom is -0.478 e. The van der Waals surface area contributed by atoms with Gasteiger partial charge in [0.25, 0.3) is 0 Å². The molecule has 0 aliphatic carbocycles. The van der Waals surface area contributed by atoms with Crippen LogP contribution in [0.1, 0.15) is 28.8 Å². The topological polar surface area (TPSA) is 104 Å². The van der Waals surface area contributed by atoms with E-state index in [-0.39, 0.29) is 30.2 Å². The van der Waals surface area contributed by atoms with E-state index in [2.05, 4.69) is 5.32 Å². The summed E-state index contributed by atoms with van der Waals surface area (Å²) in [5.41, 5.74) is 1.25. The van der Waals surface area contributed by atoms with Gasteiger partial charge in [0.05, 0.1) is 11.3 Å². The van der Waals surface area contributed by atoms with Gasteiger partial charge in [-0.25, -0.2) is 17.5 Å². The Kier molecular flexibility index (Phi) is 4.82. The van der Waals surface area contributed by atoms with Crippen molar-refractivity contribution in [2.24, 2.45) is 0 Å². The van der Waals surface area contributed by atoms with E-state index in [1.54, 1.807) is 13.0 Å². The van der Waals surface area contributed by atoms with E-state index in [4.69, 9.17) is 5.11 Å². The van der Waals surface area contributed by atoms with Crippen LogP contribution >= 0.6 is 0 Å². The molecule has 1 fully saturated rings. The molecule has 1 saturated heterocycles. The number of hydrogen-bond acceptors (Lipinski definition) is 4. The van der Waals surface area contributed by atoms with Gasteiger partial charge in [-0.3, -0.25) is 4.79 Å². The first kappa shape index (κ1) is 16.4. The molecule has 0 unspecified atom stereocenters. The quantitative estimate of drug-likeness (QED) is 0.842. The molecule has 2 N–H and O–H groups in total. The second-order valence-corrected chi connectivity index (χ2v) is 7.29. The standard InChI is InChI=1S/C14H18N2O5S/c1-10-3-4-11(14(18)19)9-12(10)15-13(17)5-7-16-6-2-8-22(16,20)21/h3-4,9H,2,5-8H2,1H3,(H,15,17)(H,18,19). The first-order valence-electron chi connectivity index (χ1n) is 6.91. The molecule has 8 heteroatoms. The number of rotatable bonds is 5. The maximum atomic E-state index is 11.9. The summed E-state index contributed by atoms with van der Waals surface area (Å²) in [6.07, 6.45) is 0.625. The van der Waals surface area contributed by atoms with Crippen molar-refractivity contribution in [3.05, 3.63) is 29.3 Å². The van der Waals surface area contributed by atoms with E-state index < -0.39 is 16.0 Å². The summed E-state index contributed by atoms with van der Waals surface area (Å²) in [6.45, 7) is 2.35. The number of carboxylic acid groups (broad SMARTS) is 1. The highest BCUT2D eigenvalue weighted by molar-refractivity contribution is 7.89. The third kappa shape index (κ3) is 3.83. The number of carboxylic acids is 1. The third-order valence-electron chi connectivity index (χ3n) is 3.55. The molecular formula is C14H18N2O5S. The summed E-state index contributed by atoms with van der Waals surface area (Å²) in [6, 6.07) is 4.47. The fourth-order valence-corrected chi connectivity index (χ4v) is 3.80. The number of nitrogens with one attached hydrogen (secondary N) is 1. The van der Waals surface area contributed by atoms with Crippen molar-refractivity contribution in [1.29, 1.82) is 0 Å². The van der Waals surface area contributed by atoms with E-state index in [1.165, 1.54) is 16.4 Å². The highest BCUT2D eigenvalue weighted by Crippen LogP contribution is 2.18. The lowest BCUT2D eigenvalue weighted by atomic mass is 10.1. The lowest BCUT2D eigenvalue weighted by Gasteiger charge is -2.14. The predicted octanol–water partition coefficient (Wildman–Crippen LogP) is 1.06. The molecule has 22 heavy (non-hydrogen) atoms. The number of aromatic carboxylic acids is 1. The van der Waals surface area contributed by atoms with Crippen molar-refractivity contribution < 1.29 is 23.1 Å². The molecule has 120 valence electrons. The van der Waals surface area contributed by atoms with Gasteiger partial charge in [-0.15, -0.1) is 0 Å². The van der Waals surface area contributed by atoms with Gasteiger partial charge in [-0.05, 0) is 31.0 Å².